The van der Waals surface area contributed by atoms with Crippen molar-refractivity contribution in [1.82, 2.24) is 14.8 Å². The lowest BCUT2D eigenvalue weighted by Crippen LogP contribution is -2.32. The number of aromatic nitrogens is 3. The van der Waals surface area contributed by atoms with Crippen LogP contribution in [0.15, 0.2) is 30.6 Å². The molecule has 2 fully saturated rings. The zero-order chi connectivity index (χ0) is 16.7. The molecule has 2 aliphatic rings. The molecule has 1 aromatic carbocycles. The van der Waals surface area contributed by atoms with Gasteiger partial charge >= 0.3 is 0 Å². The van der Waals surface area contributed by atoms with Gasteiger partial charge in [-0.1, -0.05) is 36.6 Å². The third kappa shape index (κ3) is 2.60. The molecule has 0 radical (unpaired) electrons. The highest BCUT2D eigenvalue weighted by atomic mass is 35.5. The fraction of sp³-hybridized carbons (Fsp3) is 0.412. The second kappa shape index (κ2) is 6.02. The Balaban J connectivity index is 1.55. The molecule has 24 heavy (non-hydrogen) atoms. The van der Waals surface area contributed by atoms with Gasteiger partial charge in [-0.15, -0.1) is 5.10 Å². The first-order valence-corrected chi connectivity index (χ1v) is 8.53. The molecule has 124 valence electrons. The number of nitrogens with zero attached hydrogens (tertiary/aromatic N) is 4. The van der Waals surface area contributed by atoms with Crippen LogP contribution in [-0.2, 0) is 16.1 Å². The van der Waals surface area contributed by atoms with Crippen molar-refractivity contribution in [2.75, 3.05) is 4.90 Å². The number of benzene rings is 1. The average Bonchev–Trinajstić information content (AvgIpc) is 3.14. The van der Waals surface area contributed by atoms with Crippen LogP contribution in [0.1, 0.15) is 31.2 Å². The van der Waals surface area contributed by atoms with E-state index in [0.29, 0.717) is 11.6 Å². The maximum atomic E-state index is 12.6. The van der Waals surface area contributed by atoms with Gasteiger partial charge in [-0.3, -0.25) is 9.59 Å². The first-order valence-electron chi connectivity index (χ1n) is 8.15. The Morgan fingerprint density at radius 1 is 1.04 bits per heavy atom. The maximum Gasteiger partial charge on any atom is 0.258 e. The lowest BCUT2D eigenvalue weighted by atomic mass is 9.81. The van der Waals surface area contributed by atoms with Crippen molar-refractivity contribution in [1.29, 1.82) is 0 Å². The van der Waals surface area contributed by atoms with Crippen molar-refractivity contribution in [3.8, 4) is 0 Å². The zero-order valence-corrected chi connectivity index (χ0v) is 13.8. The smallest absolute Gasteiger partial charge is 0.258 e. The van der Waals surface area contributed by atoms with E-state index >= 15 is 0 Å². The number of fused-ring (bicyclic) bond motifs is 1. The van der Waals surface area contributed by atoms with Gasteiger partial charge in [-0.25, -0.2) is 9.58 Å². The van der Waals surface area contributed by atoms with Crippen LogP contribution in [-0.4, -0.2) is 26.6 Å². The number of halogens is 1. The van der Waals surface area contributed by atoms with Gasteiger partial charge in [0.2, 0.25) is 11.8 Å². The lowest BCUT2D eigenvalue weighted by molar-refractivity contribution is -0.122. The highest BCUT2D eigenvalue weighted by Gasteiger charge is 2.50. The van der Waals surface area contributed by atoms with Crippen LogP contribution >= 0.6 is 11.6 Å². The molecule has 4 rings (SSSR count). The summed E-state index contributed by atoms with van der Waals surface area (Å²) in [4.78, 5) is 30.5. The Morgan fingerprint density at radius 2 is 1.67 bits per heavy atom. The van der Waals surface area contributed by atoms with E-state index in [-0.39, 0.29) is 29.6 Å². The standard InChI is InChI=1S/C17H17ClN4O2/c18-12-7-5-11(6-8-12)9-21-10-19-17(20-21)22-15(23)13-3-1-2-4-14(13)16(22)24/h5-8,10,13-14H,1-4,9H2/t13-,14+. The van der Waals surface area contributed by atoms with Gasteiger partial charge in [-0.2, -0.15) is 4.98 Å². The summed E-state index contributed by atoms with van der Waals surface area (Å²) < 4.78 is 1.63. The van der Waals surface area contributed by atoms with Gasteiger partial charge < -0.3 is 0 Å². The first-order chi connectivity index (χ1) is 11.6. The molecule has 0 N–H and O–H groups in total. The second-order valence-electron chi connectivity index (χ2n) is 6.38. The third-order valence-electron chi connectivity index (χ3n) is 4.82. The van der Waals surface area contributed by atoms with Crippen molar-refractivity contribution >= 4 is 29.4 Å². The van der Waals surface area contributed by atoms with Crippen molar-refractivity contribution in [3.63, 3.8) is 0 Å². The highest BCUT2D eigenvalue weighted by molar-refractivity contribution is 6.30. The van der Waals surface area contributed by atoms with Crippen molar-refractivity contribution in [2.45, 2.75) is 32.2 Å². The topological polar surface area (TPSA) is 68.1 Å². The molecule has 1 aliphatic heterocycles. The monoisotopic (exact) mass is 344 g/mol. The Kier molecular flexibility index (Phi) is 3.84. The normalized spacial score (nSPS) is 23.6. The van der Waals surface area contributed by atoms with Gasteiger partial charge in [-0.05, 0) is 30.5 Å². The van der Waals surface area contributed by atoms with Crippen LogP contribution in [0.2, 0.25) is 5.02 Å². The molecule has 6 nitrogen and oxygen atoms in total. The molecule has 2 aromatic rings. The maximum absolute atomic E-state index is 12.6. The van der Waals surface area contributed by atoms with E-state index in [0.717, 1.165) is 31.2 Å². The van der Waals surface area contributed by atoms with Crippen LogP contribution in [0, 0.1) is 11.8 Å². The quantitative estimate of drug-likeness (QED) is 0.803. The Bertz CT molecular complexity index is 762. The predicted molar refractivity (Wildman–Crippen MR) is 88.5 cm³/mol. The minimum absolute atomic E-state index is 0.144. The van der Waals surface area contributed by atoms with Crippen LogP contribution in [0.5, 0.6) is 0 Å². The summed E-state index contributed by atoms with van der Waals surface area (Å²) in [7, 11) is 0. The Labute approximate surface area is 144 Å². The highest BCUT2D eigenvalue weighted by Crippen LogP contribution is 2.39. The fourth-order valence-corrected chi connectivity index (χ4v) is 3.73. The molecule has 7 heteroatoms. The molecule has 2 atom stereocenters. The number of rotatable bonds is 3. The summed E-state index contributed by atoms with van der Waals surface area (Å²) in [5, 5.41) is 5.00. The van der Waals surface area contributed by atoms with E-state index in [4.69, 9.17) is 11.6 Å². The molecule has 1 aromatic heterocycles. The van der Waals surface area contributed by atoms with Crippen molar-refractivity contribution < 1.29 is 9.59 Å². The van der Waals surface area contributed by atoms with Crippen LogP contribution in [0.4, 0.5) is 5.95 Å². The number of hydrogen-bond donors (Lipinski definition) is 0. The van der Waals surface area contributed by atoms with E-state index in [1.54, 1.807) is 11.0 Å². The second-order valence-corrected chi connectivity index (χ2v) is 6.81. The molecular formula is C17H17ClN4O2. The molecule has 2 heterocycles. The first kappa shape index (κ1) is 15.3. The van der Waals surface area contributed by atoms with Crippen molar-refractivity contribution in [3.05, 3.63) is 41.2 Å². The molecule has 2 amide bonds. The number of imide groups is 1. The number of hydrogen-bond acceptors (Lipinski definition) is 4. The van der Waals surface area contributed by atoms with Crippen molar-refractivity contribution in [2.24, 2.45) is 11.8 Å². The van der Waals surface area contributed by atoms with E-state index < -0.39 is 0 Å². The SMILES string of the molecule is O=C1[C@H]2CCCC[C@H]2C(=O)N1c1ncn(Cc2ccc(Cl)cc2)n1. The summed E-state index contributed by atoms with van der Waals surface area (Å²) in [6.07, 6.45) is 5.14. The summed E-state index contributed by atoms with van der Waals surface area (Å²) in [6.45, 7) is 0.507. The van der Waals surface area contributed by atoms with Gasteiger partial charge in [0.05, 0.1) is 18.4 Å². The van der Waals surface area contributed by atoms with Gasteiger partial charge in [0.1, 0.15) is 6.33 Å². The molecule has 1 saturated heterocycles. The van der Waals surface area contributed by atoms with Gasteiger partial charge in [0.25, 0.3) is 5.95 Å². The minimum atomic E-state index is -0.186. The predicted octanol–water partition coefficient (Wildman–Crippen LogP) is 2.66. The van der Waals surface area contributed by atoms with Crippen LogP contribution < -0.4 is 4.90 Å². The summed E-state index contributed by atoms with van der Waals surface area (Å²) in [5.41, 5.74) is 1.02. The molecular weight excluding hydrogens is 328 g/mol. The zero-order valence-electron chi connectivity index (χ0n) is 13.1. The van der Waals surface area contributed by atoms with E-state index in [1.165, 1.54) is 4.90 Å². The van der Waals surface area contributed by atoms with Gasteiger partial charge in [0.15, 0.2) is 0 Å². The van der Waals surface area contributed by atoms with E-state index in [9.17, 15) is 9.59 Å². The average molecular weight is 345 g/mol. The van der Waals surface area contributed by atoms with Crippen LogP contribution in [0.3, 0.4) is 0 Å². The molecule has 0 spiro atoms. The number of carbonyl (C=O) groups excluding carboxylic acids is 2. The van der Waals surface area contributed by atoms with E-state index in [1.807, 2.05) is 24.3 Å². The van der Waals surface area contributed by atoms with Gasteiger partial charge in [0, 0.05) is 5.02 Å². The number of anilines is 1. The molecule has 0 bridgehead atoms. The summed E-state index contributed by atoms with van der Waals surface area (Å²) in [6, 6.07) is 7.44. The number of amides is 2. The minimum Gasteiger partial charge on any atom is -0.274 e. The van der Waals surface area contributed by atoms with E-state index in [2.05, 4.69) is 10.1 Å². The fourth-order valence-electron chi connectivity index (χ4n) is 3.60. The Morgan fingerprint density at radius 3 is 2.29 bits per heavy atom. The molecule has 1 aliphatic carbocycles. The Hall–Kier alpha value is -2.21. The third-order valence-corrected chi connectivity index (χ3v) is 5.08. The lowest BCUT2D eigenvalue weighted by Gasteiger charge is -2.19. The molecule has 1 saturated carbocycles. The summed E-state index contributed by atoms with van der Waals surface area (Å²) in [5.74, 6) is -0.472. The number of carbonyl (C=O) groups is 2. The summed E-state index contributed by atoms with van der Waals surface area (Å²) >= 11 is 5.88. The largest absolute Gasteiger partial charge is 0.274 e. The van der Waals surface area contributed by atoms with Crippen LogP contribution in [0.25, 0.3) is 0 Å². The molecule has 0 unspecified atom stereocenters.